The summed E-state index contributed by atoms with van der Waals surface area (Å²) >= 11 is 1.78. The van der Waals surface area contributed by atoms with Crippen LogP contribution in [0.25, 0.3) is 5.00 Å². The lowest BCUT2D eigenvalue weighted by molar-refractivity contribution is -0.0173. The standard InChI is InChI=1S/C50H54FN7O2S/c1-31-33(3)61-49-45(31)47(52-32(2)48-54-53-34(4)58(48)49)37-9-16-40(17-10-37)56-23-21-50(60,22-24-56)30-55-25-27-57(28-26-55)41-14-7-36(8-15-41)46-43(35-5-12-39(51)13-6-35)19-11-38-29-42(59)18-20-44(38)46/h5-10,12-18,20,29,32,43,46,59-60H,11,19,21-28,30H2,1-4H3/t32-,43-,46+/m0/s1. The van der Waals surface area contributed by atoms with E-state index in [4.69, 9.17) is 4.99 Å². The number of hydrogen-bond donors (Lipinski definition) is 2. The number of piperidine rings is 1. The summed E-state index contributed by atoms with van der Waals surface area (Å²) < 4.78 is 16.1. The summed E-state index contributed by atoms with van der Waals surface area (Å²) in [5.41, 5.74) is 11.0. The molecule has 9 nitrogen and oxygen atoms in total. The van der Waals surface area contributed by atoms with Crippen LogP contribution in [0.1, 0.15) is 99.5 Å². The van der Waals surface area contributed by atoms with Crippen molar-refractivity contribution in [1.82, 2.24) is 19.7 Å². The van der Waals surface area contributed by atoms with E-state index in [2.05, 4.69) is 105 Å². The van der Waals surface area contributed by atoms with Crippen LogP contribution in [0.2, 0.25) is 0 Å². The number of fused-ring (bicyclic) bond motifs is 4. The van der Waals surface area contributed by atoms with Crippen molar-refractivity contribution in [2.24, 2.45) is 4.99 Å². The van der Waals surface area contributed by atoms with Gasteiger partial charge in [0.25, 0.3) is 0 Å². The molecule has 0 radical (unpaired) electrons. The Hall–Kier alpha value is -5.36. The summed E-state index contributed by atoms with van der Waals surface area (Å²) in [6.07, 6.45) is 3.29. The Kier molecular flexibility index (Phi) is 10.3. The first-order chi connectivity index (χ1) is 29.5. The highest BCUT2D eigenvalue weighted by Crippen LogP contribution is 2.47. The summed E-state index contributed by atoms with van der Waals surface area (Å²) in [7, 11) is 0. The molecule has 0 saturated carbocycles. The molecule has 0 amide bonds. The molecule has 1 aliphatic carbocycles. The maximum Gasteiger partial charge on any atom is 0.162 e. The van der Waals surface area contributed by atoms with Crippen LogP contribution in [-0.4, -0.2) is 87.0 Å². The molecule has 11 heteroatoms. The number of thiophene rings is 1. The molecule has 0 bridgehead atoms. The van der Waals surface area contributed by atoms with Crippen LogP contribution < -0.4 is 9.80 Å². The van der Waals surface area contributed by atoms with Gasteiger partial charge < -0.3 is 20.0 Å². The molecule has 2 N–H and O–H groups in total. The first-order valence-electron chi connectivity index (χ1n) is 21.8. The minimum atomic E-state index is -0.706. The molecule has 10 rings (SSSR count). The maximum absolute atomic E-state index is 13.9. The summed E-state index contributed by atoms with van der Waals surface area (Å²) in [5, 5.41) is 32.1. The van der Waals surface area contributed by atoms with Crippen molar-refractivity contribution >= 4 is 28.4 Å². The second-order valence-corrected chi connectivity index (χ2v) is 18.9. The molecule has 5 heterocycles. The number of aryl methyl sites for hydroxylation is 3. The van der Waals surface area contributed by atoms with Crippen LogP contribution in [0.5, 0.6) is 5.75 Å². The third-order valence-electron chi connectivity index (χ3n) is 13.9. The summed E-state index contributed by atoms with van der Waals surface area (Å²) in [4.78, 5) is 13.8. The Labute approximate surface area is 361 Å². The smallest absolute Gasteiger partial charge is 0.162 e. The second-order valence-electron chi connectivity index (χ2n) is 17.7. The number of aromatic hydroxyl groups is 1. The predicted molar refractivity (Wildman–Crippen MR) is 243 cm³/mol. The Morgan fingerprint density at radius 1 is 0.787 bits per heavy atom. The molecule has 2 saturated heterocycles. The lowest BCUT2D eigenvalue weighted by Crippen LogP contribution is -2.55. The zero-order valence-electron chi connectivity index (χ0n) is 35.5. The molecular formula is C50H54FN7O2S. The van der Waals surface area contributed by atoms with Crippen molar-refractivity contribution < 1.29 is 14.6 Å². The van der Waals surface area contributed by atoms with Crippen molar-refractivity contribution in [2.75, 3.05) is 55.6 Å². The number of phenolic OH excluding ortho intramolecular Hbond substituents is 1. The van der Waals surface area contributed by atoms with Crippen molar-refractivity contribution in [1.29, 1.82) is 0 Å². The van der Waals surface area contributed by atoms with Crippen molar-refractivity contribution in [3.63, 3.8) is 0 Å². The highest BCUT2D eigenvalue weighted by atomic mass is 32.1. The largest absolute Gasteiger partial charge is 0.508 e. The number of rotatable bonds is 7. The van der Waals surface area contributed by atoms with E-state index < -0.39 is 5.60 Å². The molecule has 314 valence electrons. The van der Waals surface area contributed by atoms with E-state index in [1.807, 2.05) is 25.1 Å². The van der Waals surface area contributed by atoms with Crippen LogP contribution >= 0.6 is 11.3 Å². The van der Waals surface area contributed by atoms with Gasteiger partial charge in [-0.05, 0) is 136 Å². The van der Waals surface area contributed by atoms with E-state index in [-0.39, 0.29) is 23.7 Å². The number of anilines is 2. The minimum Gasteiger partial charge on any atom is -0.508 e. The molecule has 3 atom stereocenters. The van der Waals surface area contributed by atoms with Crippen LogP contribution in [0.3, 0.4) is 0 Å². The Balaban J connectivity index is 0.761. The quantitative estimate of drug-likeness (QED) is 0.166. The Morgan fingerprint density at radius 3 is 2.15 bits per heavy atom. The number of halogens is 1. The van der Waals surface area contributed by atoms with E-state index in [0.717, 1.165) is 98.4 Å². The molecule has 6 aromatic rings. The average Bonchev–Trinajstić information content (AvgIpc) is 3.76. The maximum atomic E-state index is 13.9. The lowest BCUT2D eigenvalue weighted by atomic mass is 9.69. The summed E-state index contributed by atoms with van der Waals surface area (Å²) in [6, 6.07) is 30.5. The molecule has 4 aliphatic rings. The SMILES string of the molecule is Cc1sc2c(c1C)C(c1ccc(N3CCC(O)(CN4CCN(c5ccc([C@H]6c7ccc(O)cc7CC[C@H]6c6ccc(F)cc6)cc5)CC4)CC3)cc1)=N[C@@H](C)c1nnc(C)n1-2. The van der Waals surface area contributed by atoms with Gasteiger partial charge >= 0.3 is 0 Å². The topological polar surface area (TPSA) is 93.2 Å². The molecule has 3 aliphatic heterocycles. The van der Waals surface area contributed by atoms with Gasteiger partial charge in [-0.2, -0.15) is 0 Å². The number of phenols is 1. The third-order valence-corrected chi connectivity index (χ3v) is 15.1. The highest BCUT2D eigenvalue weighted by molar-refractivity contribution is 7.15. The minimum absolute atomic E-state index is 0.114. The molecule has 4 aromatic carbocycles. The van der Waals surface area contributed by atoms with Crippen molar-refractivity contribution in [2.45, 2.75) is 76.9 Å². The van der Waals surface area contributed by atoms with Crippen molar-refractivity contribution in [3.05, 3.63) is 152 Å². The van der Waals surface area contributed by atoms with E-state index >= 15 is 0 Å². The molecule has 61 heavy (non-hydrogen) atoms. The highest BCUT2D eigenvalue weighted by Gasteiger charge is 2.36. The zero-order chi connectivity index (χ0) is 42.0. The average molecular weight is 836 g/mol. The van der Waals surface area contributed by atoms with Gasteiger partial charge in [0.05, 0.1) is 11.3 Å². The second kappa shape index (κ2) is 15.8. The first-order valence-corrected chi connectivity index (χ1v) is 22.7. The first kappa shape index (κ1) is 39.8. The normalized spacial score (nSPS) is 21.3. The fourth-order valence-corrected chi connectivity index (χ4v) is 11.6. The number of aromatic nitrogens is 3. The van der Waals surface area contributed by atoms with Crippen LogP contribution in [0.15, 0.2) is 96.0 Å². The number of benzene rings is 4. The summed E-state index contributed by atoms with van der Waals surface area (Å²) in [5.74, 6) is 2.19. The van der Waals surface area contributed by atoms with Gasteiger partial charge in [0.15, 0.2) is 5.82 Å². The summed E-state index contributed by atoms with van der Waals surface area (Å²) in [6.45, 7) is 14.4. The van der Waals surface area contributed by atoms with Gasteiger partial charge in [-0.25, -0.2) is 4.39 Å². The van der Waals surface area contributed by atoms with Gasteiger partial charge in [0, 0.05) is 79.1 Å². The predicted octanol–water partition coefficient (Wildman–Crippen LogP) is 9.03. The van der Waals surface area contributed by atoms with E-state index in [1.54, 1.807) is 29.5 Å². The monoisotopic (exact) mass is 835 g/mol. The van der Waals surface area contributed by atoms with Gasteiger partial charge in [-0.1, -0.05) is 42.5 Å². The molecule has 0 unspecified atom stereocenters. The van der Waals surface area contributed by atoms with Gasteiger partial charge in [-0.3, -0.25) is 14.5 Å². The van der Waals surface area contributed by atoms with E-state index in [1.165, 1.54) is 44.1 Å². The van der Waals surface area contributed by atoms with E-state index in [0.29, 0.717) is 12.3 Å². The number of aliphatic imine (C=N–C) groups is 1. The van der Waals surface area contributed by atoms with Crippen LogP contribution in [0.4, 0.5) is 15.8 Å². The van der Waals surface area contributed by atoms with Gasteiger partial charge in [0.2, 0.25) is 0 Å². The van der Waals surface area contributed by atoms with E-state index in [9.17, 15) is 14.6 Å². The van der Waals surface area contributed by atoms with Gasteiger partial charge in [0.1, 0.15) is 28.4 Å². The molecule has 2 aromatic heterocycles. The number of aliphatic hydroxyl groups is 1. The van der Waals surface area contributed by atoms with Crippen molar-refractivity contribution in [3.8, 4) is 10.8 Å². The molecular weight excluding hydrogens is 782 g/mol. The fraction of sp³-hybridized carbons (Fsp3) is 0.380. The molecule has 0 spiro atoms. The number of hydrogen-bond acceptors (Lipinski definition) is 9. The fourth-order valence-electron chi connectivity index (χ4n) is 10.4. The van der Waals surface area contributed by atoms with Crippen LogP contribution in [0, 0.1) is 26.6 Å². The Morgan fingerprint density at radius 2 is 1.44 bits per heavy atom. The Bertz CT molecular complexity index is 2580. The zero-order valence-corrected chi connectivity index (χ0v) is 36.3. The molecule has 2 fully saturated rings. The van der Waals surface area contributed by atoms with Crippen LogP contribution in [-0.2, 0) is 6.42 Å². The number of β-amino-alcohol motifs (C(OH)–C–C–N with tert-alkyl or cyclic N) is 1. The lowest BCUT2D eigenvalue weighted by Gasteiger charge is -2.44. The number of nitrogens with zero attached hydrogens (tertiary/aromatic N) is 7. The number of piperazine rings is 1. The van der Waals surface area contributed by atoms with Gasteiger partial charge in [-0.15, -0.1) is 21.5 Å². The third kappa shape index (κ3) is 7.44.